The van der Waals surface area contributed by atoms with E-state index in [2.05, 4.69) is 25.0 Å². The van der Waals surface area contributed by atoms with Crippen molar-refractivity contribution in [2.24, 2.45) is 0 Å². The van der Waals surface area contributed by atoms with Gasteiger partial charge >= 0.3 is 6.18 Å². The van der Waals surface area contributed by atoms with Crippen LogP contribution in [0.2, 0.25) is 0 Å². The number of H-pyrrole nitrogens is 1. The van der Waals surface area contributed by atoms with Crippen LogP contribution in [0.3, 0.4) is 0 Å². The zero-order valence-corrected chi connectivity index (χ0v) is 16.9. The van der Waals surface area contributed by atoms with E-state index in [1.807, 2.05) is 0 Å². The third-order valence-corrected chi connectivity index (χ3v) is 5.23. The Balaban J connectivity index is 1.49. The van der Waals surface area contributed by atoms with Crippen molar-refractivity contribution in [3.8, 4) is 33.9 Å². The summed E-state index contributed by atoms with van der Waals surface area (Å²) >= 11 is 0. The van der Waals surface area contributed by atoms with Gasteiger partial charge in [0.15, 0.2) is 0 Å². The molecule has 1 aliphatic rings. The van der Waals surface area contributed by atoms with Crippen molar-refractivity contribution in [1.29, 1.82) is 0 Å². The number of nitrogens with zero attached hydrogens (tertiary/aromatic N) is 2. The van der Waals surface area contributed by atoms with E-state index < -0.39 is 17.8 Å². The maximum atomic E-state index is 13.6. The Bertz CT molecular complexity index is 1300. The standard InChI is InChI=1S/C23H16F4N4O2/c24-15-7-5-12(6-8-15)19-18(20(33-31-19)23(25,26)27)17-11-28-21(30-17)13-1-3-14(4-2-13)22(32)29-16-9-10-16/h1-8,11,16H,9-10H2,(H,28,30)(H,29,32). The molecular weight excluding hydrogens is 440 g/mol. The molecule has 1 saturated carbocycles. The van der Waals surface area contributed by atoms with Gasteiger partial charge in [0.05, 0.1) is 11.3 Å². The number of carbonyl (C=O) groups excluding carboxylic acids is 1. The Hall–Kier alpha value is -3.95. The summed E-state index contributed by atoms with van der Waals surface area (Å²) in [5.74, 6) is -1.70. The van der Waals surface area contributed by atoms with Crippen LogP contribution in [0.15, 0.2) is 59.3 Å². The average Bonchev–Trinajstić information content (AvgIpc) is 3.28. The van der Waals surface area contributed by atoms with Crippen LogP contribution in [0.1, 0.15) is 29.0 Å². The fourth-order valence-corrected chi connectivity index (χ4v) is 3.40. The van der Waals surface area contributed by atoms with Crippen molar-refractivity contribution in [1.82, 2.24) is 20.4 Å². The lowest BCUT2D eigenvalue weighted by Gasteiger charge is -2.05. The molecule has 0 aliphatic heterocycles. The largest absolute Gasteiger partial charge is 0.453 e. The zero-order chi connectivity index (χ0) is 23.2. The third-order valence-electron chi connectivity index (χ3n) is 5.23. The Morgan fingerprint density at radius 3 is 2.33 bits per heavy atom. The monoisotopic (exact) mass is 456 g/mol. The molecule has 33 heavy (non-hydrogen) atoms. The minimum absolute atomic E-state index is 0.0338. The molecule has 4 aromatic rings. The number of imidazole rings is 1. The fourth-order valence-electron chi connectivity index (χ4n) is 3.40. The summed E-state index contributed by atoms with van der Waals surface area (Å²) in [6.45, 7) is 0. The lowest BCUT2D eigenvalue weighted by Crippen LogP contribution is -2.25. The van der Waals surface area contributed by atoms with Gasteiger partial charge in [0.1, 0.15) is 17.3 Å². The zero-order valence-electron chi connectivity index (χ0n) is 16.9. The second kappa shape index (κ2) is 7.88. The molecule has 1 aliphatic carbocycles. The minimum Gasteiger partial charge on any atom is -0.350 e. The van der Waals surface area contributed by atoms with Crippen molar-refractivity contribution in [2.75, 3.05) is 0 Å². The van der Waals surface area contributed by atoms with Crippen LogP contribution in [0, 0.1) is 5.82 Å². The van der Waals surface area contributed by atoms with Crippen LogP contribution in [0.5, 0.6) is 0 Å². The van der Waals surface area contributed by atoms with Crippen molar-refractivity contribution in [2.45, 2.75) is 25.1 Å². The molecule has 0 radical (unpaired) electrons. The SMILES string of the molecule is O=C(NC1CC1)c1ccc(-c2nc(-c3c(-c4ccc(F)cc4)noc3C(F)(F)F)c[nH]2)cc1. The summed E-state index contributed by atoms with van der Waals surface area (Å²) in [7, 11) is 0. The van der Waals surface area contributed by atoms with Gasteiger partial charge < -0.3 is 14.8 Å². The first kappa shape index (κ1) is 20.9. The quantitative estimate of drug-likeness (QED) is 0.391. The van der Waals surface area contributed by atoms with E-state index in [1.165, 1.54) is 18.3 Å². The predicted molar refractivity (Wildman–Crippen MR) is 110 cm³/mol. The Kier molecular flexibility index (Phi) is 4.99. The van der Waals surface area contributed by atoms with E-state index >= 15 is 0 Å². The van der Waals surface area contributed by atoms with E-state index in [1.54, 1.807) is 24.3 Å². The number of carbonyl (C=O) groups is 1. The predicted octanol–water partition coefficient (Wildman–Crippen LogP) is 5.45. The van der Waals surface area contributed by atoms with Crippen molar-refractivity contribution >= 4 is 5.91 Å². The van der Waals surface area contributed by atoms with Crippen LogP contribution in [0.25, 0.3) is 33.9 Å². The van der Waals surface area contributed by atoms with Gasteiger partial charge in [-0.1, -0.05) is 17.3 Å². The van der Waals surface area contributed by atoms with Crippen LogP contribution in [-0.4, -0.2) is 27.1 Å². The highest BCUT2D eigenvalue weighted by Gasteiger charge is 2.41. The summed E-state index contributed by atoms with van der Waals surface area (Å²) in [6.07, 6.45) is -1.54. The van der Waals surface area contributed by atoms with Gasteiger partial charge in [0.2, 0.25) is 5.76 Å². The lowest BCUT2D eigenvalue weighted by atomic mass is 10.0. The molecule has 1 amide bonds. The number of hydrogen-bond donors (Lipinski definition) is 2. The molecule has 0 bridgehead atoms. The van der Waals surface area contributed by atoms with Crippen LogP contribution in [0.4, 0.5) is 17.6 Å². The van der Waals surface area contributed by atoms with Gasteiger partial charge in [-0.2, -0.15) is 13.2 Å². The summed E-state index contributed by atoms with van der Waals surface area (Å²) in [5, 5.41) is 6.47. The number of aromatic amines is 1. The Morgan fingerprint density at radius 2 is 1.70 bits per heavy atom. The van der Waals surface area contributed by atoms with Gasteiger partial charge in [-0.3, -0.25) is 4.79 Å². The minimum atomic E-state index is -4.81. The van der Waals surface area contributed by atoms with Crippen molar-refractivity contribution in [3.05, 3.63) is 71.9 Å². The van der Waals surface area contributed by atoms with E-state index in [0.29, 0.717) is 17.0 Å². The molecule has 168 valence electrons. The van der Waals surface area contributed by atoms with Crippen LogP contribution in [-0.2, 0) is 6.18 Å². The number of nitrogens with one attached hydrogen (secondary N) is 2. The summed E-state index contributed by atoms with van der Waals surface area (Å²) in [4.78, 5) is 19.3. The molecule has 0 unspecified atom stereocenters. The summed E-state index contributed by atoms with van der Waals surface area (Å²) in [5.41, 5.74) is 0.825. The second-order valence-corrected chi connectivity index (χ2v) is 7.70. The summed E-state index contributed by atoms with van der Waals surface area (Å²) in [6, 6.07) is 11.7. The molecule has 2 aromatic heterocycles. The molecule has 2 N–H and O–H groups in total. The third kappa shape index (κ3) is 4.23. The highest BCUT2D eigenvalue weighted by molar-refractivity contribution is 5.95. The summed E-state index contributed by atoms with van der Waals surface area (Å²) < 4.78 is 58.7. The van der Waals surface area contributed by atoms with Crippen molar-refractivity contribution in [3.63, 3.8) is 0 Å². The Labute approximate surface area is 184 Å². The van der Waals surface area contributed by atoms with Crippen molar-refractivity contribution < 1.29 is 26.9 Å². The molecule has 0 saturated heterocycles. The first-order valence-corrected chi connectivity index (χ1v) is 10.1. The van der Waals surface area contributed by atoms with E-state index in [0.717, 1.165) is 25.0 Å². The number of amides is 1. The van der Waals surface area contributed by atoms with Crippen LogP contribution < -0.4 is 5.32 Å². The van der Waals surface area contributed by atoms with Crippen LogP contribution >= 0.6 is 0 Å². The maximum absolute atomic E-state index is 13.6. The van der Waals surface area contributed by atoms with Gasteiger partial charge in [-0.05, 0) is 49.2 Å². The molecule has 1 fully saturated rings. The first-order valence-electron chi connectivity index (χ1n) is 10.1. The van der Waals surface area contributed by atoms with E-state index in [9.17, 15) is 22.4 Å². The number of alkyl halides is 3. The molecule has 0 atom stereocenters. The number of halogens is 4. The molecule has 6 nitrogen and oxygen atoms in total. The van der Waals surface area contributed by atoms with Gasteiger partial charge in [-0.15, -0.1) is 0 Å². The van der Waals surface area contributed by atoms with Gasteiger partial charge in [-0.25, -0.2) is 9.37 Å². The van der Waals surface area contributed by atoms with E-state index in [-0.39, 0.29) is 34.5 Å². The Morgan fingerprint density at radius 1 is 1.03 bits per heavy atom. The molecule has 2 aromatic carbocycles. The normalized spacial score (nSPS) is 13.8. The maximum Gasteiger partial charge on any atom is 0.453 e. The molecule has 0 spiro atoms. The number of hydrogen-bond acceptors (Lipinski definition) is 4. The van der Waals surface area contributed by atoms with E-state index in [4.69, 9.17) is 0 Å². The van der Waals surface area contributed by atoms with Gasteiger partial charge in [0, 0.05) is 28.9 Å². The molecule has 2 heterocycles. The molecule has 10 heteroatoms. The lowest BCUT2D eigenvalue weighted by molar-refractivity contribution is -0.154. The second-order valence-electron chi connectivity index (χ2n) is 7.70. The fraction of sp³-hybridized carbons (Fsp3) is 0.174. The smallest absolute Gasteiger partial charge is 0.350 e. The topological polar surface area (TPSA) is 83.8 Å². The first-order chi connectivity index (χ1) is 15.8. The number of rotatable bonds is 5. The molecular formula is C23H16F4N4O2. The highest BCUT2D eigenvalue weighted by atomic mass is 19.4. The number of benzene rings is 2. The van der Waals surface area contributed by atoms with Gasteiger partial charge in [0.25, 0.3) is 5.91 Å². The highest BCUT2D eigenvalue weighted by Crippen LogP contribution is 2.42. The molecule has 5 rings (SSSR count). The number of aromatic nitrogens is 3. The average molecular weight is 456 g/mol.